The van der Waals surface area contributed by atoms with Gasteiger partial charge in [-0.15, -0.1) is 0 Å². The van der Waals surface area contributed by atoms with Gasteiger partial charge in [-0.1, -0.05) is 11.6 Å². The summed E-state index contributed by atoms with van der Waals surface area (Å²) in [4.78, 5) is 20.8. The first-order chi connectivity index (χ1) is 7.34. The van der Waals surface area contributed by atoms with Gasteiger partial charge in [-0.25, -0.2) is 8.78 Å². The summed E-state index contributed by atoms with van der Waals surface area (Å²) in [5.41, 5.74) is -1.63. The van der Waals surface area contributed by atoms with Gasteiger partial charge in [-0.3, -0.25) is 14.9 Å². The van der Waals surface area contributed by atoms with Gasteiger partial charge in [0, 0.05) is 11.6 Å². The Morgan fingerprint density at radius 2 is 2.06 bits per heavy atom. The summed E-state index contributed by atoms with van der Waals surface area (Å²) < 4.78 is 24.7. The lowest BCUT2D eigenvalue weighted by atomic mass is 10.1. The minimum Gasteiger partial charge on any atom is -0.294 e. The number of nitro groups is 1. The summed E-state index contributed by atoms with van der Waals surface area (Å²) in [7, 11) is 0. The number of nitro benzene ring substituents is 1. The second-order valence-electron chi connectivity index (χ2n) is 3.01. The smallest absolute Gasteiger partial charge is 0.282 e. The van der Waals surface area contributed by atoms with Crippen LogP contribution in [-0.2, 0) is 0 Å². The third-order valence-electron chi connectivity index (χ3n) is 1.89. The SMILES string of the molecule is CC(=O)c1c(Cl)cc(C(F)F)cc1[N+](=O)[O-]. The van der Waals surface area contributed by atoms with E-state index in [-0.39, 0.29) is 10.6 Å². The molecule has 0 heterocycles. The van der Waals surface area contributed by atoms with E-state index >= 15 is 0 Å². The number of hydrogen-bond acceptors (Lipinski definition) is 3. The fourth-order valence-corrected chi connectivity index (χ4v) is 1.59. The van der Waals surface area contributed by atoms with Gasteiger partial charge in [0.1, 0.15) is 5.56 Å². The monoisotopic (exact) mass is 249 g/mol. The highest BCUT2D eigenvalue weighted by atomic mass is 35.5. The maximum atomic E-state index is 12.4. The van der Waals surface area contributed by atoms with E-state index in [4.69, 9.17) is 11.6 Å². The summed E-state index contributed by atoms with van der Waals surface area (Å²) in [5.74, 6) is -0.641. The number of ketones is 1. The minimum absolute atomic E-state index is 0.336. The van der Waals surface area contributed by atoms with Crippen molar-refractivity contribution in [3.8, 4) is 0 Å². The van der Waals surface area contributed by atoms with Crippen LogP contribution in [0.5, 0.6) is 0 Å². The van der Waals surface area contributed by atoms with Crippen molar-refractivity contribution in [2.24, 2.45) is 0 Å². The van der Waals surface area contributed by atoms with E-state index in [1.165, 1.54) is 0 Å². The number of benzene rings is 1. The van der Waals surface area contributed by atoms with Gasteiger partial charge in [0.2, 0.25) is 0 Å². The van der Waals surface area contributed by atoms with Crippen molar-refractivity contribution in [1.29, 1.82) is 0 Å². The van der Waals surface area contributed by atoms with E-state index in [1.54, 1.807) is 0 Å². The predicted molar refractivity (Wildman–Crippen MR) is 53.1 cm³/mol. The molecule has 0 aliphatic carbocycles. The third-order valence-corrected chi connectivity index (χ3v) is 2.19. The molecule has 1 rings (SSSR count). The van der Waals surface area contributed by atoms with Crippen LogP contribution in [0.15, 0.2) is 12.1 Å². The Bertz CT molecular complexity index is 462. The fraction of sp³-hybridized carbons (Fsp3) is 0.222. The van der Waals surface area contributed by atoms with E-state index in [0.717, 1.165) is 13.0 Å². The zero-order chi connectivity index (χ0) is 12.5. The zero-order valence-electron chi connectivity index (χ0n) is 8.04. The number of carbonyl (C=O) groups excluding carboxylic acids is 1. The zero-order valence-corrected chi connectivity index (χ0v) is 8.79. The van der Waals surface area contributed by atoms with Crippen molar-refractivity contribution < 1.29 is 18.5 Å². The van der Waals surface area contributed by atoms with Crippen molar-refractivity contribution in [2.75, 3.05) is 0 Å². The number of rotatable bonds is 3. The molecule has 0 atom stereocenters. The van der Waals surface area contributed by atoms with Crippen LogP contribution in [0.1, 0.15) is 29.3 Å². The van der Waals surface area contributed by atoms with Crippen molar-refractivity contribution in [1.82, 2.24) is 0 Å². The lowest BCUT2D eigenvalue weighted by Crippen LogP contribution is -2.03. The van der Waals surface area contributed by atoms with Crippen molar-refractivity contribution in [3.63, 3.8) is 0 Å². The van der Waals surface area contributed by atoms with Gasteiger partial charge in [0.25, 0.3) is 12.1 Å². The standard InChI is InChI=1S/C9H6ClF2NO3/c1-4(14)8-6(10)2-5(9(11)12)3-7(8)13(15)16/h2-3,9H,1H3. The molecular weight excluding hydrogens is 244 g/mol. The second-order valence-corrected chi connectivity index (χ2v) is 3.42. The fourth-order valence-electron chi connectivity index (χ4n) is 1.23. The Balaban J connectivity index is 3.52. The van der Waals surface area contributed by atoms with Crippen LogP contribution < -0.4 is 0 Å². The number of halogens is 3. The summed E-state index contributed by atoms with van der Waals surface area (Å²) in [6.07, 6.45) is -2.88. The van der Waals surface area contributed by atoms with Crippen LogP contribution in [0.25, 0.3) is 0 Å². The molecule has 4 nitrogen and oxygen atoms in total. The van der Waals surface area contributed by atoms with E-state index in [9.17, 15) is 23.7 Å². The number of hydrogen-bond donors (Lipinski definition) is 0. The molecule has 0 unspecified atom stereocenters. The molecule has 16 heavy (non-hydrogen) atoms. The highest BCUT2D eigenvalue weighted by Gasteiger charge is 2.24. The first kappa shape index (κ1) is 12.5. The normalized spacial score (nSPS) is 10.6. The maximum absolute atomic E-state index is 12.4. The van der Waals surface area contributed by atoms with Crippen LogP contribution in [0.2, 0.25) is 5.02 Å². The topological polar surface area (TPSA) is 60.2 Å². The lowest BCUT2D eigenvalue weighted by Gasteiger charge is -2.05. The molecule has 0 bridgehead atoms. The van der Waals surface area contributed by atoms with Crippen molar-refractivity contribution >= 4 is 23.1 Å². The molecule has 7 heteroatoms. The molecule has 1 aromatic carbocycles. The quantitative estimate of drug-likeness (QED) is 0.469. The van der Waals surface area contributed by atoms with E-state index in [2.05, 4.69) is 0 Å². The van der Waals surface area contributed by atoms with Crippen molar-refractivity contribution in [3.05, 3.63) is 38.4 Å². The number of carbonyl (C=O) groups is 1. The molecule has 1 aromatic rings. The van der Waals surface area contributed by atoms with Crippen LogP contribution in [0.4, 0.5) is 14.5 Å². The molecule has 0 radical (unpaired) electrons. The highest BCUT2D eigenvalue weighted by molar-refractivity contribution is 6.34. The molecule has 0 aromatic heterocycles. The van der Waals surface area contributed by atoms with Crippen LogP contribution in [0, 0.1) is 10.1 Å². The van der Waals surface area contributed by atoms with Crippen LogP contribution in [0.3, 0.4) is 0 Å². The molecular formula is C9H6ClF2NO3. The van der Waals surface area contributed by atoms with E-state index in [0.29, 0.717) is 6.07 Å². The Hall–Kier alpha value is -1.56. The average Bonchev–Trinajstić information content (AvgIpc) is 2.15. The Kier molecular flexibility index (Phi) is 3.54. The highest BCUT2D eigenvalue weighted by Crippen LogP contribution is 2.32. The summed E-state index contributed by atoms with van der Waals surface area (Å²) in [5, 5.41) is 10.3. The Morgan fingerprint density at radius 3 is 2.44 bits per heavy atom. The number of alkyl halides is 2. The summed E-state index contributed by atoms with van der Waals surface area (Å²) in [6, 6.07) is 1.52. The molecule has 0 fully saturated rings. The average molecular weight is 250 g/mol. The predicted octanol–water partition coefficient (Wildman–Crippen LogP) is 3.39. The molecule has 0 saturated carbocycles. The second kappa shape index (κ2) is 4.52. The van der Waals surface area contributed by atoms with E-state index in [1.807, 2.05) is 0 Å². The van der Waals surface area contributed by atoms with Gasteiger partial charge in [-0.05, 0) is 13.0 Å². The summed E-state index contributed by atoms with van der Waals surface area (Å²) in [6.45, 7) is 1.08. The van der Waals surface area contributed by atoms with Gasteiger partial charge < -0.3 is 0 Å². The molecule has 0 aliphatic rings. The Morgan fingerprint density at radius 1 is 1.50 bits per heavy atom. The van der Waals surface area contributed by atoms with Crippen LogP contribution >= 0.6 is 11.6 Å². The van der Waals surface area contributed by atoms with Gasteiger partial charge >= 0.3 is 0 Å². The minimum atomic E-state index is -2.88. The number of nitrogens with zero attached hydrogens (tertiary/aromatic N) is 1. The van der Waals surface area contributed by atoms with Gasteiger partial charge in [0.05, 0.1) is 9.95 Å². The van der Waals surface area contributed by atoms with Gasteiger partial charge in [-0.2, -0.15) is 0 Å². The first-order valence-electron chi connectivity index (χ1n) is 4.11. The van der Waals surface area contributed by atoms with Crippen LogP contribution in [-0.4, -0.2) is 10.7 Å². The third kappa shape index (κ3) is 2.33. The largest absolute Gasteiger partial charge is 0.294 e. The molecule has 0 saturated heterocycles. The number of Topliss-reactive ketones (excluding diaryl/α,β-unsaturated/α-hetero) is 1. The molecule has 86 valence electrons. The van der Waals surface area contributed by atoms with Crippen molar-refractivity contribution in [2.45, 2.75) is 13.3 Å². The molecule has 0 amide bonds. The first-order valence-corrected chi connectivity index (χ1v) is 4.49. The molecule has 0 N–H and O–H groups in total. The molecule has 0 aliphatic heterocycles. The van der Waals surface area contributed by atoms with E-state index < -0.39 is 28.4 Å². The Labute approximate surface area is 94.0 Å². The summed E-state index contributed by atoms with van der Waals surface area (Å²) >= 11 is 5.56. The van der Waals surface area contributed by atoms with Gasteiger partial charge in [0.15, 0.2) is 5.78 Å². The lowest BCUT2D eigenvalue weighted by molar-refractivity contribution is -0.385. The molecule has 0 spiro atoms. The maximum Gasteiger partial charge on any atom is 0.282 e.